The van der Waals surface area contributed by atoms with E-state index < -0.39 is 0 Å². The molecule has 5 rings (SSSR count). The van der Waals surface area contributed by atoms with Crippen LogP contribution in [0.2, 0.25) is 0 Å². The van der Waals surface area contributed by atoms with Crippen LogP contribution < -0.4 is 19.5 Å². The van der Waals surface area contributed by atoms with Gasteiger partial charge in [-0.3, -0.25) is 14.5 Å². The van der Waals surface area contributed by atoms with Crippen LogP contribution in [0.4, 0.5) is 5.69 Å². The van der Waals surface area contributed by atoms with E-state index in [0.717, 1.165) is 29.9 Å². The lowest BCUT2D eigenvalue weighted by atomic mass is 9.99. The van der Waals surface area contributed by atoms with Gasteiger partial charge in [-0.1, -0.05) is 13.0 Å². The highest BCUT2D eigenvalue weighted by atomic mass is 16.7. The first-order valence-electron chi connectivity index (χ1n) is 12.9. The molecule has 2 heterocycles. The number of nitrogens with zero attached hydrogens (tertiary/aromatic N) is 2. The van der Waals surface area contributed by atoms with E-state index in [9.17, 15) is 14.7 Å². The van der Waals surface area contributed by atoms with Crippen LogP contribution in [0.3, 0.4) is 0 Å². The van der Waals surface area contributed by atoms with Crippen LogP contribution in [-0.2, 0) is 11.3 Å². The minimum Gasteiger partial charge on any atom is -0.488 e. The summed E-state index contributed by atoms with van der Waals surface area (Å²) in [4.78, 5) is 29.8. The molecule has 1 fully saturated rings. The molecular formula is C28H35N3O6. The third-order valence-electron chi connectivity index (χ3n) is 7.26. The molecule has 2 aromatic rings. The molecule has 1 saturated carbocycles. The van der Waals surface area contributed by atoms with Crippen LogP contribution in [0, 0.1) is 11.8 Å². The predicted octanol–water partition coefficient (Wildman–Crippen LogP) is 3.12. The molecule has 0 unspecified atom stereocenters. The summed E-state index contributed by atoms with van der Waals surface area (Å²) in [7, 11) is 2.04. The fourth-order valence-corrected chi connectivity index (χ4v) is 4.83. The van der Waals surface area contributed by atoms with Gasteiger partial charge in [0.1, 0.15) is 11.9 Å². The van der Waals surface area contributed by atoms with Crippen LogP contribution in [0.5, 0.6) is 17.2 Å². The van der Waals surface area contributed by atoms with Gasteiger partial charge in [0.2, 0.25) is 12.7 Å². The Morgan fingerprint density at radius 3 is 2.68 bits per heavy atom. The smallest absolute Gasteiger partial charge is 0.258 e. The molecule has 37 heavy (non-hydrogen) atoms. The van der Waals surface area contributed by atoms with E-state index in [-0.39, 0.29) is 49.2 Å². The Hall–Kier alpha value is -3.30. The first kappa shape index (κ1) is 25.4. The van der Waals surface area contributed by atoms with Gasteiger partial charge < -0.3 is 29.5 Å². The van der Waals surface area contributed by atoms with Crippen molar-refractivity contribution in [3.05, 3.63) is 47.5 Å². The zero-order chi connectivity index (χ0) is 26.1. The average Bonchev–Trinajstić information content (AvgIpc) is 3.64. The van der Waals surface area contributed by atoms with E-state index in [2.05, 4.69) is 17.1 Å². The number of aliphatic hydroxyl groups excluding tert-OH is 1. The Bertz CT molecular complexity index is 1170. The topological polar surface area (TPSA) is 101 Å². The Balaban J connectivity index is 1.36. The van der Waals surface area contributed by atoms with E-state index in [1.54, 1.807) is 23.1 Å². The number of aliphatic hydroxyl groups is 1. The van der Waals surface area contributed by atoms with Crippen LogP contribution in [0.15, 0.2) is 36.4 Å². The highest BCUT2D eigenvalue weighted by molar-refractivity contribution is 6.00. The van der Waals surface area contributed by atoms with Crippen molar-refractivity contribution >= 4 is 17.5 Å². The summed E-state index contributed by atoms with van der Waals surface area (Å²) in [5.74, 6) is 1.85. The van der Waals surface area contributed by atoms with Gasteiger partial charge in [-0.05, 0) is 62.7 Å². The van der Waals surface area contributed by atoms with Crippen LogP contribution in [-0.4, -0.2) is 72.4 Å². The number of hydrogen-bond acceptors (Lipinski definition) is 7. The average molecular weight is 510 g/mol. The molecular weight excluding hydrogens is 474 g/mol. The van der Waals surface area contributed by atoms with Crippen molar-refractivity contribution in [3.63, 3.8) is 0 Å². The van der Waals surface area contributed by atoms with Crippen molar-refractivity contribution in [2.75, 3.05) is 38.9 Å². The van der Waals surface area contributed by atoms with Crippen molar-refractivity contribution in [1.29, 1.82) is 0 Å². The first-order chi connectivity index (χ1) is 17.8. The monoisotopic (exact) mass is 509 g/mol. The normalized spacial score (nSPS) is 21.6. The highest BCUT2D eigenvalue weighted by Crippen LogP contribution is 2.34. The van der Waals surface area contributed by atoms with Gasteiger partial charge in [0.15, 0.2) is 11.5 Å². The number of ether oxygens (including phenoxy) is 3. The molecule has 9 nitrogen and oxygen atoms in total. The number of carbonyl (C=O) groups is 2. The summed E-state index contributed by atoms with van der Waals surface area (Å²) in [6.07, 6.45) is 1.60. The van der Waals surface area contributed by atoms with Crippen LogP contribution in [0.1, 0.15) is 42.6 Å². The summed E-state index contributed by atoms with van der Waals surface area (Å²) >= 11 is 0. The molecule has 0 aromatic heterocycles. The molecule has 2 aromatic carbocycles. The van der Waals surface area contributed by atoms with E-state index in [4.69, 9.17) is 14.2 Å². The molecule has 0 saturated heterocycles. The van der Waals surface area contributed by atoms with Crippen molar-refractivity contribution in [2.45, 2.75) is 45.4 Å². The minimum atomic E-state index is -0.349. The summed E-state index contributed by atoms with van der Waals surface area (Å²) in [6.45, 7) is 5.78. The lowest BCUT2D eigenvalue weighted by molar-refractivity contribution is -0.117. The molecule has 198 valence electrons. The third-order valence-corrected chi connectivity index (χ3v) is 7.26. The van der Waals surface area contributed by atoms with Crippen molar-refractivity contribution in [2.24, 2.45) is 11.8 Å². The summed E-state index contributed by atoms with van der Waals surface area (Å²) < 4.78 is 17.4. The number of fused-ring (bicyclic) bond motifs is 2. The van der Waals surface area contributed by atoms with Gasteiger partial charge in [0, 0.05) is 37.2 Å². The second-order valence-electron chi connectivity index (χ2n) is 10.5. The maximum Gasteiger partial charge on any atom is 0.258 e. The Morgan fingerprint density at radius 1 is 1.16 bits per heavy atom. The van der Waals surface area contributed by atoms with E-state index in [1.807, 2.05) is 32.2 Å². The Morgan fingerprint density at radius 2 is 1.92 bits per heavy atom. The molecule has 0 spiro atoms. The van der Waals surface area contributed by atoms with E-state index in [1.165, 1.54) is 0 Å². The van der Waals surface area contributed by atoms with Crippen LogP contribution >= 0.6 is 0 Å². The van der Waals surface area contributed by atoms with Gasteiger partial charge in [0.25, 0.3) is 5.91 Å². The molecule has 2 aliphatic heterocycles. The number of benzene rings is 2. The number of anilines is 1. The van der Waals surface area contributed by atoms with Gasteiger partial charge >= 0.3 is 0 Å². The SMILES string of the molecule is C[C@H]1CN([C@@H](C)CO)C(=O)c2cc(NC(=O)C3CC3)ccc2O[C@H]1CN(C)Cc1ccc2c(c1)OCO2. The minimum absolute atomic E-state index is 0.0135. The van der Waals surface area contributed by atoms with Crippen molar-refractivity contribution in [1.82, 2.24) is 9.80 Å². The number of likely N-dealkylation sites (N-methyl/N-ethyl adjacent to an activating group) is 1. The van der Waals surface area contributed by atoms with Gasteiger partial charge in [-0.2, -0.15) is 0 Å². The van der Waals surface area contributed by atoms with Gasteiger partial charge in [-0.15, -0.1) is 0 Å². The maximum absolute atomic E-state index is 13.6. The molecule has 2 N–H and O–H groups in total. The number of amides is 2. The molecule has 3 atom stereocenters. The highest BCUT2D eigenvalue weighted by Gasteiger charge is 2.34. The van der Waals surface area contributed by atoms with Crippen molar-refractivity contribution < 1.29 is 28.9 Å². The van der Waals surface area contributed by atoms with Gasteiger partial charge in [0.05, 0.1) is 18.2 Å². The molecule has 1 aliphatic carbocycles. The van der Waals surface area contributed by atoms with E-state index >= 15 is 0 Å². The quantitative estimate of drug-likeness (QED) is 0.564. The number of hydrogen-bond donors (Lipinski definition) is 2. The fourth-order valence-electron chi connectivity index (χ4n) is 4.83. The van der Waals surface area contributed by atoms with Crippen molar-refractivity contribution in [3.8, 4) is 17.2 Å². The standard InChI is InChI=1S/C28H35N3O6/c1-17-12-31(18(2)15-32)28(34)22-11-21(29-27(33)20-5-6-20)7-9-23(22)37-26(17)14-30(3)13-19-4-8-24-25(10-19)36-16-35-24/h4,7-11,17-18,20,26,32H,5-6,12-16H2,1-3H3,(H,29,33)/t17-,18-,26-/m0/s1. The molecule has 9 heteroatoms. The second-order valence-corrected chi connectivity index (χ2v) is 10.5. The van der Waals surface area contributed by atoms with E-state index in [0.29, 0.717) is 36.6 Å². The fraction of sp³-hybridized carbons (Fsp3) is 0.500. The second kappa shape index (κ2) is 10.6. The van der Waals surface area contributed by atoms with Gasteiger partial charge in [-0.25, -0.2) is 0 Å². The molecule has 0 radical (unpaired) electrons. The molecule has 0 bridgehead atoms. The summed E-state index contributed by atoms with van der Waals surface area (Å²) in [5.41, 5.74) is 2.07. The third kappa shape index (κ3) is 5.67. The zero-order valence-electron chi connectivity index (χ0n) is 21.6. The Labute approximate surface area is 217 Å². The zero-order valence-corrected chi connectivity index (χ0v) is 21.6. The van der Waals surface area contributed by atoms with Crippen LogP contribution in [0.25, 0.3) is 0 Å². The lowest BCUT2D eigenvalue weighted by Gasteiger charge is -2.38. The number of nitrogens with one attached hydrogen (secondary N) is 1. The largest absolute Gasteiger partial charge is 0.488 e. The number of rotatable bonds is 8. The maximum atomic E-state index is 13.6. The number of carbonyl (C=O) groups excluding carboxylic acids is 2. The summed E-state index contributed by atoms with van der Waals surface area (Å²) in [6, 6.07) is 10.8. The first-order valence-corrected chi connectivity index (χ1v) is 12.9. The lowest BCUT2D eigenvalue weighted by Crippen LogP contribution is -2.49. The summed E-state index contributed by atoms with van der Waals surface area (Å²) in [5, 5.41) is 12.8. The molecule has 3 aliphatic rings. The molecule has 2 amide bonds. The Kier molecular flexibility index (Phi) is 7.26. The predicted molar refractivity (Wildman–Crippen MR) is 138 cm³/mol.